The van der Waals surface area contributed by atoms with Gasteiger partial charge in [-0.05, 0) is 25.7 Å². The molecule has 0 spiro atoms. The third-order valence-corrected chi connectivity index (χ3v) is 4.27. The summed E-state index contributed by atoms with van der Waals surface area (Å²) >= 11 is 0. The number of aromatic nitrogens is 1. The Hall–Kier alpha value is -2.34. The van der Waals surface area contributed by atoms with Crippen molar-refractivity contribution in [3.05, 3.63) is 42.4 Å². The number of benzene rings is 1. The monoisotopic (exact) mass is 329 g/mol. The van der Waals surface area contributed by atoms with Gasteiger partial charge >= 0.3 is 6.03 Å². The van der Waals surface area contributed by atoms with Crippen LogP contribution in [0.3, 0.4) is 0 Å². The summed E-state index contributed by atoms with van der Waals surface area (Å²) in [7, 11) is 1.68. The molecule has 1 aromatic carbocycles. The van der Waals surface area contributed by atoms with Crippen molar-refractivity contribution >= 4 is 6.03 Å². The summed E-state index contributed by atoms with van der Waals surface area (Å²) in [5, 5.41) is 12.8. The summed E-state index contributed by atoms with van der Waals surface area (Å²) in [5.74, 6) is 1.47. The first kappa shape index (κ1) is 16.5. The summed E-state index contributed by atoms with van der Waals surface area (Å²) in [6, 6.07) is 9.10. The molecule has 0 bridgehead atoms. The van der Waals surface area contributed by atoms with Crippen LogP contribution < -0.4 is 5.32 Å². The van der Waals surface area contributed by atoms with E-state index in [1.54, 1.807) is 13.2 Å². The van der Waals surface area contributed by atoms with E-state index in [9.17, 15) is 9.90 Å². The summed E-state index contributed by atoms with van der Waals surface area (Å²) in [5.41, 5.74) is 0.944. The minimum absolute atomic E-state index is 0.248. The first-order chi connectivity index (χ1) is 11.5. The summed E-state index contributed by atoms with van der Waals surface area (Å²) in [6.07, 6.45) is 3.31. The minimum Gasteiger partial charge on any atom is -0.438 e. The van der Waals surface area contributed by atoms with Crippen molar-refractivity contribution in [2.24, 2.45) is 5.92 Å². The number of nitrogens with one attached hydrogen (secondary N) is 1. The lowest BCUT2D eigenvalue weighted by Gasteiger charge is -2.22. The predicted molar refractivity (Wildman–Crippen MR) is 90.2 cm³/mol. The topological polar surface area (TPSA) is 78.6 Å². The van der Waals surface area contributed by atoms with Crippen LogP contribution >= 0.6 is 0 Å². The number of oxazole rings is 1. The number of rotatable bonds is 6. The van der Waals surface area contributed by atoms with E-state index >= 15 is 0 Å². The van der Waals surface area contributed by atoms with Crippen molar-refractivity contribution in [1.29, 1.82) is 0 Å². The molecular weight excluding hydrogens is 306 g/mol. The summed E-state index contributed by atoms with van der Waals surface area (Å²) in [6.45, 7) is 2.16. The molecule has 2 amide bonds. The average Bonchev–Trinajstić information content (AvgIpc) is 3.32. The molecule has 2 N–H and O–H groups in total. The quantitative estimate of drug-likeness (QED) is 0.854. The van der Waals surface area contributed by atoms with E-state index in [1.807, 2.05) is 37.3 Å². The van der Waals surface area contributed by atoms with Crippen molar-refractivity contribution in [3.8, 4) is 11.3 Å². The Morgan fingerprint density at radius 1 is 1.42 bits per heavy atom. The molecule has 0 radical (unpaired) electrons. The maximum atomic E-state index is 12.2. The third kappa shape index (κ3) is 3.94. The number of carbonyl (C=O) groups is 1. The van der Waals surface area contributed by atoms with Gasteiger partial charge in [-0.1, -0.05) is 30.3 Å². The Balaban J connectivity index is 1.57. The van der Waals surface area contributed by atoms with Crippen molar-refractivity contribution < 1.29 is 14.3 Å². The van der Waals surface area contributed by atoms with Crippen LogP contribution in [0.25, 0.3) is 11.3 Å². The number of hydrogen-bond acceptors (Lipinski definition) is 4. The number of urea groups is 1. The molecule has 128 valence electrons. The molecular formula is C18H23N3O3. The fraction of sp³-hybridized carbons (Fsp3) is 0.444. The number of nitrogens with zero attached hydrogens (tertiary/aromatic N) is 2. The Morgan fingerprint density at radius 3 is 2.79 bits per heavy atom. The highest BCUT2D eigenvalue weighted by molar-refractivity contribution is 5.74. The Bertz CT molecular complexity index is 682. The molecule has 6 heteroatoms. The van der Waals surface area contributed by atoms with E-state index in [1.165, 1.54) is 4.90 Å². The van der Waals surface area contributed by atoms with Gasteiger partial charge < -0.3 is 19.7 Å². The molecule has 1 fully saturated rings. The van der Waals surface area contributed by atoms with Crippen LogP contribution in [-0.2, 0) is 0 Å². The van der Waals surface area contributed by atoms with E-state index in [0.29, 0.717) is 24.1 Å². The second-order valence-electron chi connectivity index (χ2n) is 6.39. The SMILES string of the molecule is CC(NC(=O)N(C)CC(O)C1CC1)c1ncc(-c2ccccc2)o1. The normalized spacial score (nSPS) is 16.5. The molecule has 3 rings (SSSR count). The number of amides is 2. The van der Waals surface area contributed by atoms with Gasteiger partial charge in [0.05, 0.1) is 12.3 Å². The molecule has 2 atom stereocenters. The number of carbonyl (C=O) groups excluding carboxylic acids is 1. The van der Waals surface area contributed by atoms with Crippen molar-refractivity contribution in [3.63, 3.8) is 0 Å². The third-order valence-electron chi connectivity index (χ3n) is 4.27. The molecule has 24 heavy (non-hydrogen) atoms. The van der Waals surface area contributed by atoms with Crippen LogP contribution in [0.5, 0.6) is 0 Å². The molecule has 1 aromatic heterocycles. The lowest BCUT2D eigenvalue weighted by Crippen LogP contribution is -2.42. The molecule has 2 unspecified atom stereocenters. The standard InChI is InChI=1S/C18H23N3O3/c1-12(20-18(23)21(2)11-15(22)13-8-9-13)17-19-10-16(24-17)14-6-4-3-5-7-14/h3-7,10,12-13,15,22H,8-9,11H2,1-2H3,(H,20,23). The molecule has 2 aromatic rings. The Kier molecular flexibility index (Phi) is 4.85. The van der Waals surface area contributed by atoms with E-state index in [0.717, 1.165) is 18.4 Å². The molecule has 1 aliphatic rings. The maximum Gasteiger partial charge on any atom is 0.317 e. The van der Waals surface area contributed by atoms with Gasteiger partial charge in [-0.15, -0.1) is 0 Å². The van der Waals surface area contributed by atoms with Crippen LogP contribution in [0.15, 0.2) is 40.9 Å². The largest absolute Gasteiger partial charge is 0.438 e. The Labute approximate surface area is 141 Å². The highest BCUT2D eigenvalue weighted by Crippen LogP contribution is 2.32. The Morgan fingerprint density at radius 2 is 2.12 bits per heavy atom. The molecule has 0 saturated heterocycles. The van der Waals surface area contributed by atoms with Crippen molar-refractivity contribution in [2.75, 3.05) is 13.6 Å². The zero-order valence-electron chi connectivity index (χ0n) is 14.0. The van der Waals surface area contributed by atoms with Gasteiger partial charge in [0.15, 0.2) is 5.76 Å². The van der Waals surface area contributed by atoms with Gasteiger partial charge in [-0.3, -0.25) is 0 Å². The highest BCUT2D eigenvalue weighted by atomic mass is 16.4. The zero-order valence-corrected chi connectivity index (χ0v) is 14.0. The maximum absolute atomic E-state index is 12.2. The van der Waals surface area contributed by atoms with Crippen LogP contribution in [0.4, 0.5) is 4.79 Å². The van der Waals surface area contributed by atoms with E-state index < -0.39 is 6.10 Å². The van der Waals surface area contributed by atoms with Crippen LogP contribution in [0.1, 0.15) is 31.7 Å². The summed E-state index contributed by atoms with van der Waals surface area (Å²) in [4.78, 5) is 18.0. The number of hydrogen-bond donors (Lipinski definition) is 2. The minimum atomic E-state index is -0.442. The molecule has 0 aliphatic heterocycles. The number of aliphatic hydroxyl groups is 1. The lowest BCUT2D eigenvalue weighted by atomic mass is 10.2. The number of aliphatic hydroxyl groups excluding tert-OH is 1. The average molecular weight is 329 g/mol. The van der Waals surface area contributed by atoms with Crippen molar-refractivity contribution in [2.45, 2.75) is 31.9 Å². The second kappa shape index (κ2) is 7.05. The van der Waals surface area contributed by atoms with Gasteiger partial charge in [0.2, 0.25) is 5.89 Å². The van der Waals surface area contributed by atoms with Gasteiger partial charge in [0.1, 0.15) is 6.04 Å². The van der Waals surface area contributed by atoms with E-state index in [2.05, 4.69) is 10.3 Å². The van der Waals surface area contributed by atoms with Gasteiger partial charge in [0, 0.05) is 19.2 Å². The lowest BCUT2D eigenvalue weighted by molar-refractivity contribution is 0.112. The van der Waals surface area contributed by atoms with E-state index in [4.69, 9.17) is 4.42 Å². The second-order valence-corrected chi connectivity index (χ2v) is 6.39. The number of likely N-dealkylation sites (N-methyl/N-ethyl adjacent to an activating group) is 1. The van der Waals surface area contributed by atoms with Crippen LogP contribution in [0.2, 0.25) is 0 Å². The molecule has 6 nitrogen and oxygen atoms in total. The molecule has 1 aliphatic carbocycles. The van der Waals surface area contributed by atoms with Gasteiger partial charge in [-0.25, -0.2) is 9.78 Å². The molecule has 1 saturated carbocycles. The fourth-order valence-corrected chi connectivity index (χ4v) is 2.57. The fourth-order valence-electron chi connectivity index (χ4n) is 2.57. The predicted octanol–water partition coefficient (Wildman–Crippen LogP) is 2.81. The first-order valence-corrected chi connectivity index (χ1v) is 8.25. The van der Waals surface area contributed by atoms with Gasteiger partial charge in [0.25, 0.3) is 0 Å². The molecule has 1 heterocycles. The highest BCUT2D eigenvalue weighted by Gasteiger charge is 2.31. The van der Waals surface area contributed by atoms with Crippen molar-refractivity contribution in [1.82, 2.24) is 15.2 Å². The smallest absolute Gasteiger partial charge is 0.317 e. The van der Waals surface area contributed by atoms with Crippen LogP contribution in [0, 0.1) is 5.92 Å². The van der Waals surface area contributed by atoms with Crippen LogP contribution in [-0.4, -0.2) is 40.7 Å². The summed E-state index contributed by atoms with van der Waals surface area (Å²) < 4.78 is 5.75. The van der Waals surface area contributed by atoms with Gasteiger partial charge in [-0.2, -0.15) is 0 Å². The zero-order chi connectivity index (χ0) is 17.1. The van der Waals surface area contributed by atoms with E-state index in [-0.39, 0.29) is 12.1 Å². The first-order valence-electron chi connectivity index (χ1n) is 8.25.